The minimum Gasteiger partial charge on any atom is -0.298 e. The summed E-state index contributed by atoms with van der Waals surface area (Å²) in [6, 6.07) is 0.514. The smallest absolute Gasteiger partial charge is 0.153 e. The summed E-state index contributed by atoms with van der Waals surface area (Å²) in [5.41, 5.74) is 1.71. The number of hydrogen-bond donors (Lipinski definition) is 0. The van der Waals surface area contributed by atoms with E-state index in [1.54, 1.807) is 0 Å². The van der Waals surface area contributed by atoms with E-state index in [-0.39, 0.29) is 0 Å². The first-order valence-corrected chi connectivity index (χ1v) is 6.26. The topological polar surface area (TPSA) is 34.9 Å². The average Bonchev–Trinajstić information content (AvgIpc) is 2.74. The molecule has 3 nitrogen and oxygen atoms in total. The van der Waals surface area contributed by atoms with E-state index in [4.69, 9.17) is 0 Å². The predicted octanol–water partition coefficient (Wildman–Crippen LogP) is 3.32. The van der Waals surface area contributed by atoms with Crippen LogP contribution in [-0.2, 0) is 0 Å². The van der Waals surface area contributed by atoms with Crippen molar-refractivity contribution in [2.75, 3.05) is 0 Å². The Bertz CT molecular complexity index is 362. The Labute approximate surface area is 96.8 Å². The molecule has 0 atom stereocenters. The van der Waals surface area contributed by atoms with Gasteiger partial charge in [-0.25, -0.2) is 0 Å². The lowest BCUT2D eigenvalue weighted by atomic mass is 9.96. The molecule has 0 amide bonds. The van der Waals surface area contributed by atoms with Gasteiger partial charge in [0.15, 0.2) is 6.29 Å². The number of nitrogens with zero attached hydrogens (tertiary/aromatic N) is 2. The van der Waals surface area contributed by atoms with E-state index in [2.05, 4.69) is 18.9 Å². The minimum atomic E-state index is 0.324. The number of carbonyl (C=O) groups is 1. The Kier molecular flexibility index (Phi) is 3.42. The molecule has 16 heavy (non-hydrogen) atoms. The third-order valence-electron chi connectivity index (χ3n) is 3.41. The number of aldehydes is 1. The van der Waals surface area contributed by atoms with E-state index in [1.807, 2.05) is 10.9 Å². The molecule has 1 aliphatic rings. The molecule has 0 unspecified atom stereocenters. The van der Waals surface area contributed by atoms with E-state index in [0.717, 1.165) is 17.5 Å². The van der Waals surface area contributed by atoms with Crippen molar-refractivity contribution < 1.29 is 4.79 Å². The Morgan fingerprint density at radius 1 is 1.38 bits per heavy atom. The third-order valence-corrected chi connectivity index (χ3v) is 3.41. The summed E-state index contributed by atoms with van der Waals surface area (Å²) in [6.07, 6.45) is 9.19. The molecule has 3 heteroatoms. The molecule has 1 fully saturated rings. The largest absolute Gasteiger partial charge is 0.298 e. The Morgan fingerprint density at radius 2 is 2.06 bits per heavy atom. The summed E-state index contributed by atoms with van der Waals surface area (Å²) in [4.78, 5) is 11.0. The summed E-state index contributed by atoms with van der Waals surface area (Å²) in [6.45, 7) is 4.17. The normalized spacial score (nSPS) is 17.9. The van der Waals surface area contributed by atoms with Crippen molar-refractivity contribution in [1.82, 2.24) is 9.78 Å². The number of carbonyl (C=O) groups excluding carboxylic acids is 1. The van der Waals surface area contributed by atoms with Gasteiger partial charge in [0.25, 0.3) is 0 Å². The van der Waals surface area contributed by atoms with Gasteiger partial charge < -0.3 is 0 Å². The third kappa shape index (κ3) is 2.18. The van der Waals surface area contributed by atoms with Crippen LogP contribution in [0.2, 0.25) is 0 Å². The first-order chi connectivity index (χ1) is 7.72. The zero-order valence-electron chi connectivity index (χ0n) is 10.1. The van der Waals surface area contributed by atoms with Crippen LogP contribution in [0.4, 0.5) is 0 Å². The quantitative estimate of drug-likeness (QED) is 0.732. The highest BCUT2D eigenvalue weighted by atomic mass is 16.1. The number of hydrogen-bond acceptors (Lipinski definition) is 2. The fraction of sp³-hybridized carbons (Fsp3) is 0.692. The molecule has 88 valence electrons. The van der Waals surface area contributed by atoms with Gasteiger partial charge in [-0.05, 0) is 18.8 Å². The Morgan fingerprint density at radius 3 is 2.56 bits per heavy atom. The van der Waals surface area contributed by atoms with Crippen LogP contribution in [0, 0.1) is 0 Å². The van der Waals surface area contributed by atoms with Crippen LogP contribution >= 0.6 is 0 Å². The lowest BCUT2D eigenvalue weighted by Crippen LogP contribution is -2.13. The van der Waals surface area contributed by atoms with Crippen LogP contribution in [0.5, 0.6) is 0 Å². The second-order valence-corrected chi connectivity index (χ2v) is 5.01. The van der Waals surface area contributed by atoms with Gasteiger partial charge in [0, 0.05) is 6.20 Å². The van der Waals surface area contributed by atoms with Gasteiger partial charge >= 0.3 is 0 Å². The van der Waals surface area contributed by atoms with Gasteiger partial charge in [-0.1, -0.05) is 33.1 Å². The number of rotatable bonds is 3. The maximum atomic E-state index is 11.0. The van der Waals surface area contributed by atoms with Crippen LogP contribution in [0.25, 0.3) is 0 Å². The zero-order chi connectivity index (χ0) is 11.5. The fourth-order valence-electron chi connectivity index (χ4n) is 2.49. The maximum absolute atomic E-state index is 11.0. The lowest BCUT2D eigenvalue weighted by molar-refractivity contribution is 0.112. The monoisotopic (exact) mass is 220 g/mol. The lowest BCUT2D eigenvalue weighted by Gasteiger charge is -2.21. The second-order valence-electron chi connectivity index (χ2n) is 5.01. The van der Waals surface area contributed by atoms with Crippen LogP contribution in [0.15, 0.2) is 6.20 Å². The molecule has 1 aromatic heterocycles. The molecular weight excluding hydrogens is 200 g/mol. The zero-order valence-corrected chi connectivity index (χ0v) is 10.1. The van der Waals surface area contributed by atoms with Crippen LogP contribution in [0.3, 0.4) is 0 Å². The average molecular weight is 220 g/mol. The van der Waals surface area contributed by atoms with E-state index >= 15 is 0 Å². The molecule has 0 aliphatic heterocycles. The fourth-order valence-corrected chi connectivity index (χ4v) is 2.49. The van der Waals surface area contributed by atoms with Crippen molar-refractivity contribution in [3.05, 3.63) is 17.5 Å². The van der Waals surface area contributed by atoms with E-state index < -0.39 is 0 Å². The van der Waals surface area contributed by atoms with Crippen molar-refractivity contribution >= 4 is 6.29 Å². The Balaban J connectivity index is 2.24. The van der Waals surface area contributed by atoms with Crippen molar-refractivity contribution in [2.24, 2.45) is 0 Å². The van der Waals surface area contributed by atoms with E-state index in [1.165, 1.54) is 32.1 Å². The molecule has 0 N–H and O–H groups in total. The molecule has 1 aliphatic carbocycles. The van der Waals surface area contributed by atoms with Gasteiger partial charge in [-0.2, -0.15) is 5.10 Å². The molecule has 1 heterocycles. The van der Waals surface area contributed by atoms with E-state index in [0.29, 0.717) is 12.0 Å². The molecule has 1 aromatic rings. The number of aromatic nitrogens is 2. The van der Waals surface area contributed by atoms with Crippen molar-refractivity contribution in [3.63, 3.8) is 0 Å². The van der Waals surface area contributed by atoms with Gasteiger partial charge in [-0.3, -0.25) is 9.48 Å². The predicted molar refractivity (Wildman–Crippen MR) is 63.8 cm³/mol. The molecule has 0 saturated heterocycles. The molecule has 1 saturated carbocycles. The van der Waals surface area contributed by atoms with E-state index in [9.17, 15) is 4.79 Å². The standard InChI is InChI=1S/C13H20N2O/c1-10(2)13-11(9-16)8-15(14-13)12-6-4-3-5-7-12/h8-10,12H,3-7H2,1-2H3. The molecule has 2 rings (SSSR count). The van der Waals surface area contributed by atoms with Crippen molar-refractivity contribution in [3.8, 4) is 0 Å². The first kappa shape index (κ1) is 11.4. The molecule has 0 spiro atoms. The summed E-state index contributed by atoms with van der Waals surface area (Å²) in [5, 5.41) is 4.59. The van der Waals surface area contributed by atoms with Gasteiger partial charge in [0.1, 0.15) is 0 Å². The molecule has 0 radical (unpaired) electrons. The summed E-state index contributed by atoms with van der Waals surface area (Å²) in [5.74, 6) is 0.324. The second kappa shape index (κ2) is 4.81. The molecule has 0 bridgehead atoms. The Hall–Kier alpha value is -1.12. The van der Waals surface area contributed by atoms with Crippen LogP contribution in [0.1, 0.15) is 74.0 Å². The van der Waals surface area contributed by atoms with Crippen molar-refractivity contribution in [1.29, 1.82) is 0 Å². The highest BCUT2D eigenvalue weighted by Crippen LogP contribution is 2.29. The molecular formula is C13H20N2O. The highest BCUT2D eigenvalue weighted by Gasteiger charge is 2.19. The van der Waals surface area contributed by atoms with Gasteiger partial charge in [0.2, 0.25) is 0 Å². The van der Waals surface area contributed by atoms with Crippen molar-refractivity contribution in [2.45, 2.75) is 57.9 Å². The minimum absolute atomic E-state index is 0.324. The van der Waals surface area contributed by atoms with Gasteiger partial charge in [-0.15, -0.1) is 0 Å². The summed E-state index contributed by atoms with van der Waals surface area (Å²) >= 11 is 0. The van der Waals surface area contributed by atoms with Gasteiger partial charge in [0.05, 0.1) is 17.3 Å². The van der Waals surface area contributed by atoms with Crippen LogP contribution < -0.4 is 0 Å². The SMILES string of the molecule is CC(C)c1nn(C2CCCCC2)cc1C=O. The first-order valence-electron chi connectivity index (χ1n) is 6.26. The molecule has 0 aromatic carbocycles. The summed E-state index contributed by atoms with van der Waals surface area (Å²) < 4.78 is 2.03. The maximum Gasteiger partial charge on any atom is 0.153 e. The van der Waals surface area contributed by atoms with Crippen LogP contribution in [-0.4, -0.2) is 16.1 Å². The highest BCUT2D eigenvalue weighted by molar-refractivity contribution is 5.76. The summed E-state index contributed by atoms with van der Waals surface area (Å²) in [7, 11) is 0.